The number of hydrogen-bond acceptors (Lipinski definition) is 6. The lowest BCUT2D eigenvalue weighted by molar-refractivity contribution is -0.0458. The van der Waals surface area contributed by atoms with Crippen molar-refractivity contribution in [1.82, 2.24) is 9.55 Å². The Balaban J connectivity index is 2.23. The Hall–Kier alpha value is -1.44. The first-order chi connectivity index (χ1) is 8.52. The molecule has 1 aromatic heterocycles. The van der Waals surface area contributed by atoms with Gasteiger partial charge in [0.25, 0.3) is 0 Å². The van der Waals surface area contributed by atoms with E-state index in [4.69, 9.17) is 9.84 Å². The van der Waals surface area contributed by atoms with E-state index in [1.165, 1.54) is 4.57 Å². The fourth-order valence-corrected chi connectivity index (χ4v) is 1.92. The van der Waals surface area contributed by atoms with Gasteiger partial charge in [0.2, 0.25) is 0 Å². The van der Waals surface area contributed by atoms with Crippen molar-refractivity contribution >= 4 is 5.82 Å². The van der Waals surface area contributed by atoms with Crippen LogP contribution in [0, 0.1) is 0 Å². The molecule has 2 N–H and O–H groups in total. The zero-order valence-corrected chi connectivity index (χ0v) is 10.4. The monoisotopic (exact) mass is 255 g/mol. The van der Waals surface area contributed by atoms with E-state index in [1.807, 2.05) is 0 Å². The number of anilines is 1. The van der Waals surface area contributed by atoms with Gasteiger partial charge >= 0.3 is 5.69 Å². The average molecular weight is 255 g/mol. The summed E-state index contributed by atoms with van der Waals surface area (Å²) in [6.45, 7) is -0.268. The van der Waals surface area contributed by atoms with Gasteiger partial charge in [-0.05, 0) is 6.07 Å². The van der Waals surface area contributed by atoms with Gasteiger partial charge < -0.3 is 19.8 Å². The van der Waals surface area contributed by atoms with E-state index in [0.29, 0.717) is 5.82 Å². The molecule has 1 saturated heterocycles. The zero-order chi connectivity index (χ0) is 13.3. The van der Waals surface area contributed by atoms with Crippen LogP contribution in [0.4, 0.5) is 5.82 Å². The van der Waals surface area contributed by atoms with Gasteiger partial charge in [-0.25, -0.2) is 4.79 Å². The van der Waals surface area contributed by atoms with Gasteiger partial charge in [0, 0.05) is 26.7 Å². The largest absolute Gasteiger partial charge is 0.394 e. The van der Waals surface area contributed by atoms with E-state index < -0.39 is 24.1 Å². The molecule has 2 heterocycles. The third-order valence-corrected chi connectivity index (χ3v) is 2.97. The Morgan fingerprint density at radius 3 is 2.83 bits per heavy atom. The molecule has 0 bridgehead atoms. The smallest absolute Gasteiger partial charge is 0.351 e. The molecule has 3 atom stereocenters. The zero-order valence-electron chi connectivity index (χ0n) is 10.4. The van der Waals surface area contributed by atoms with Crippen LogP contribution in [0.2, 0.25) is 0 Å². The minimum atomic E-state index is -0.763. The van der Waals surface area contributed by atoms with E-state index >= 15 is 0 Å². The molecule has 1 fully saturated rings. The lowest BCUT2D eigenvalue weighted by atomic mass is 10.2. The number of hydrogen-bond donors (Lipinski definition) is 2. The number of aliphatic hydroxyl groups excluding tert-OH is 2. The van der Waals surface area contributed by atoms with Crippen LogP contribution < -0.4 is 10.6 Å². The standard InChI is InChI=1S/C11H17N3O4/c1-13(2)9-3-4-14(11(17)12-9)10-5-7(16)8(6-15)18-10/h3-4,7-8,10,15-16H,5-6H2,1-2H3/t7?,8-,10-/m1/s1. The number of rotatable bonds is 3. The van der Waals surface area contributed by atoms with Gasteiger partial charge in [0.05, 0.1) is 12.7 Å². The fourth-order valence-electron chi connectivity index (χ4n) is 1.92. The van der Waals surface area contributed by atoms with Crippen LogP contribution in [-0.4, -0.2) is 52.7 Å². The lowest BCUT2D eigenvalue weighted by Gasteiger charge is -2.16. The Kier molecular flexibility index (Phi) is 3.65. The highest BCUT2D eigenvalue weighted by atomic mass is 16.5. The normalized spacial score (nSPS) is 27.4. The van der Waals surface area contributed by atoms with Crippen molar-refractivity contribution in [3.63, 3.8) is 0 Å². The first-order valence-corrected chi connectivity index (χ1v) is 5.74. The van der Waals surface area contributed by atoms with Crippen LogP contribution >= 0.6 is 0 Å². The molecule has 2 rings (SSSR count). The Morgan fingerprint density at radius 2 is 2.33 bits per heavy atom. The summed E-state index contributed by atoms with van der Waals surface area (Å²) in [6.07, 6.45) is -0.125. The van der Waals surface area contributed by atoms with Crippen LogP contribution in [0.25, 0.3) is 0 Å². The van der Waals surface area contributed by atoms with Crippen molar-refractivity contribution in [3.8, 4) is 0 Å². The van der Waals surface area contributed by atoms with Crippen LogP contribution in [0.5, 0.6) is 0 Å². The second-order valence-electron chi connectivity index (χ2n) is 4.48. The predicted octanol–water partition coefficient (Wildman–Crippen LogP) is -1.05. The molecule has 7 nitrogen and oxygen atoms in total. The van der Waals surface area contributed by atoms with Crippen molar-refractivity contribution in [3.05, 3.63) is 22.7 Å². The van der Waals surface area contributed by atoms with E-state index in [2.05, 4.69) is 4.98 Å². The summed E-state index contributed by atoms with van der Waals surface area (Å²) in [4.78, 5) is 17.5. The summed E-state index contributed by atoms with van der Waals surface area (Å²) in [7, 11) is 3.59. The van der Waals surface area contributed by atoms with Crippen LogP contribution in [0.15, 0.2) is 17.1 Å². The molecular formula is C11H17N3O4. The topological polar surface area (TPSA) is 87.8 Å². The summed E-state index contributed by atoms with van der Waals surface area (Å²) in [6, 6.07) is 1.70. The van der Waals surface area contributed by atoms with Crippen LogP contribution in [0.3, 0.4) is 0 Å². The molecule has 7 heteroatoms. The van der Waals surface area contributed by atoms with Crippen molar-refractivity contribution < 1.29 is 14.9 Å². The Bertz CT molecular complexity index is 474. The molecule has 1 aliphatic heterocycles. The molecule has 0 spiro atoms. The molecule has 0 aromatic carbocycles. The Morgan fingerprint density at radius 1 is 1.61 bits per heavy atom. The van der Waals surface area contributed by atoms with Crippen LogP contribution in [0.1, 0.15) is 12.6 Å². The second-order valence-corrected chi connectivity index (χ2v) is 4.48. The lowest BCUT2D eigenvalue weighted by Crippen LogP contribution is -2.29. The molecule has 1 unspecified atom stereocenters. The number of aromatic nitrogens is 2. The Labute approximate surface area is 104 Å². The first kappa shape index (κ1) is 13.0. The van der Waals surface area contributed by atoms with E-state index in [-0.39, 0.29) is 13.0 Å². The van der Waals surface area contributed by atoms with Gasteiger partial charge in [0.15, 0.2) is 0 Å². The highest BCUT2D eigenvalue weighted by molar-refractivity contribution is 5.33. The molecule has 0 aliphatic carbocycles. The summed E-state index contributed by atoms with van der Waals surface area (Å²) in [5.41, 5.74) is -0.433. The highest BCUT2D eigenvalue weighted by Crippen LogP contribution is 2.27. The summed E-state index contributed by atoms with van der Waals surface area (Å²) >= 11 is 0. The number of ether oxygens (including phenoxy) is 1. The molecule has 100 valence electrons. The van der Waals surface area contributed by atoms with E-state index in [9.17, 15) is 9.90 Å². The molecule has 18 heavy (non-hydrogen) atoms. The first-order valence-electron chi connectivity index (χ1n) is 5.74. The average Bonchev–Trinajstić information content (AvgIpc) is 2.70. The van der Waals surface area contributed by atoms with Crippen molar-refractivity contribution in [1.29, 1.82) is 0 Å². The third kappa shape index (κ3) is 2.38. The van der Waals surface area contributed by atoms with E-state index in [0.717, 1.165) is 0 Å². The minimum absolute atomic E-state index is 0.268. The SMILES string of the molecule is CN(C)c1ccn([C@H]2CC(O)[C@@H](CO)O2)c(=O)n1. The number of nitrogens with zero attached hydrogens (tertiary/aromatic N) is 3. The minimum Gasteiger partial charge on any atom is -0.394 e. The summed E-state index contributed by atoms with van der Waals surface area (Å²) in [5.74, 6) is 0.563. The summed E-state index contributed by atoms with van der Waals surface area (Å²) in [5, 5.41) is 18.6. The third-order valence-electron chi connectivity index (χ3n) is 2.97. The van der Waals surface area contributed by atoms with Crippen molar-refractivity contribution in [2.24, 2.45) is 0 Å². The molecular weight excluding hydrogens is 238 g/mol. The molecule has 0 radical (unpaired) electrons. The van der Waals surface area contributed by atoms with Gasteiger partial charge in [-0.2, -0.15) is 4.98 Å². The van der Waals surface area contributed by atoms with Crippen molar-refractivity contribution in [2.45, 2.75) is 24.9 Å². The van der Waals surface area contributed by atoms with Crippen LogP contribution in [-0.2, 0) is 4.74 Å². The van der Waals surface area contributed by atoms with Gasteiger partial charge in [-0.15, -0.1) is 0 Å². The maximum atomic E-state index is 11.8. The number of aliphatic hydroxyl groups is 2. The quantitative estimate of drug-likeness (QED) is 0.716. The second kappa shape index (κ2) is 5.05. The predicted molar refractivity (Wildman–Crippen MR) is 64.4 cm³/mol. The fraction of sp³-hybridized carbons (Fsp3) is 0.636. The summed E-state index contributed by atoms with van der Waals surface area (Å²) < 4.78 is 6.72. The molecule has 1 aromatic rings. The molecule has 0 saturated carbocycles. The maximum absolute atomic E-state index is 11.8. The van der Waals surface area contributed by atoms with E-state index in [1.54, 1.807) is 31.3 Å². The van der Waals surface area contributed by atoms with Gasteiger partial charge in [0.1, 0.15) is 18.1 Å². The van der Waals surface area contributed by atoms with Crippen molar-refractivity contribution in [2.75, 3.05) is 25.6 Å². The molecule has 0 amide bonds. The van der Waals surface area contributed by atoms with Gasteiger partial charge in [-0.3, -0.25) is 4.57 Å². The highest BCUT2D eigenvalue weighted by Gasteiger charge is 2.34. The van der Waals surface area contributed by atoms with Gasteiger partial charge in [-0.1, -0.05) is 0 Å². The maximum Gasteiger partial charge on any atom is 0.351 e. The molecule has 1 aliphatic rings.